The van der Waals surface area contributed by atoms with Crippen LogP contribution in [0.15, 0.2) is 18.2 Å². The van der Waals surface area contributed by atoms with Crippen LogP contribution in [-0.4, -0.2) is 37.7 Å². The normalized spacial score (nSPS) is 10.2. The summed E-state index contributed by atoms with van der Waals surface area (Å²) in [6.45, 7) is 5.76. The van der Waals surface area contributed by atoms with E-state index in [4.69, 9.17) is 9.47 Å². The predicted octanol–water partition coefficient (Wildman–Crippen LogP) is 2.51. The second-order valence-corrected chi connectivity index (χ2v) is 5.05. The fourth-order valence-corrected chi connectivity index (χ4v) is 2.14. The van der Waals surface area contributed by atoms with Gasteiger partial charge in [0, 0.05) is 6.54 Å². The van der Waals surface area contributed by atoms with Gasteiger partial charge in [-0.15, -0.1) is 0 Å². The van der Waals surface area contributed by atoms with Crippen molar-refractivity contribution >= 4 is 17.7 Å². The van der Waals surface area contributed by atoms with Gasteiger partial charge in [-0.2, -0.15) is 11.8 Å². The lowest BCUT2D eigenvalue weighted by Gasteiger charge is -2.12. The van der Waals surface area contributed by atoms with Gasteiger partial charge in [0.2, 0.25) is 5.91 Å². The molecule has 1 rings (SSSR count). The first-order chi connectivity index (χ1) is 9.71. The fourth-order valence-electron chi connectivity index (χ4n) is 1.78. The molecule has 0 aliphatic heterocycles. The van der Waals surface area contributed by atoms with E-state index in [-0.39, 0.29) is 5.91 Å². The molecular formula is C15H23NO3S. The van der Waals surface area contributed by atoms with Crippen LogP contribution in [0.3, 0.4) is 0 Å². The third-order valence-electron chi connectivity index (χ3n) is 2.62. The molecule has 0 bridgehead atoms. The molecule has 0 heterocycles. The Balaban J connectivity index is 2.57. The number of hydrogen-bond donors (Lipinski definition) is 1. The summed E-state index contributed by atoms with van der Waals surface area (Å²) >= 11 is 1.52. The zero-order valence-electron chi connectivity index (χ0n) is 12.4. The Morgan fingerprint density at radius 1 is 1.20 bits per heavy atom. The molecule has 0 spiro atoms. The molecule has 0 fully saturated rings. The Labute approximate surface area is 125 Å². The second-order valence-electron chi connectivity index (χ2n) is 4.18. The Kier molecular flexibility index (Phi) is 7.95. The van der Waals surface area contributed by atoms with Gasteiger partial charge in [0.1, 0.15) is 0 Å². The van der Waals surface area contributed by atoms with Gasteiger partial charge in [-0.25, -0.2) is 0 Å². The van der Waals surface area contributed by atoms with Crippen molar-refractivity contribution in [3.8, 4) is 11.5 Å². The molecule has 1 amide bonds. The van der Waals surface area contributed by atoms with E-state index in [0.29, 0.717) is 25.5 Å². The molecule has 0 saturated carbocycles. The van der Waals surface area contributed by atoms with Gasteiger partial charge in [-0.1, -0.05) is 6.07 Å². The average molecular weight is 297 g/mol. The Morgan fingerprint density at radius 3 is 2.55 bits per heavy atom. The van der Waals surface area contributed by atoms with Crippen LogP contribution in [-0.2, 0) is 11.2 Å². The highest BCUT2D eigenvalue weighted by atomic mass is 32.2. The Hall–Kier alpha value is -1.36. The lowest BCUT2D eigenvalue weighted by molar-refractivity contribution is -0.118. The number of ether oxygens (including phenoxy) is 2. The Morgan fingerprint density at radius 2 is 1.90 bits per heavy atom. The van der Waals surface area contributed by atoms with E-state index >= 15 is 0 Å². The summed E-state index contributed by atoms with van der Waals surface area (Å²) in [6, 6.07) is 5.91. The SMILES string of the molecule is CCOc1ccc(CCNC(=O)CSC)cc1OCC. The summed E-state index contributed by atoms with van der Waals surface area (Å²) in [5, 5.41) is 2.89. The third kappa shape index (κ3) is 5.74. The molecule has 5 heteroatoms. The number of nitrogens with one attached hydrogen (secondary N) is 1. The molecule has 0 aromatic heterocycles. The predicted molar refractivity (Wildman–Crippen MR) is 83.9 cm³/mol. The molecule has 20 heavy (non-hydrogen) atoms. The van der Waals surface area contributed by atoms with Gasteiger partial charge in [0.25, 0.3) is 0 Å². The lowest BCUT2D eigenvalue weighted by Crippen LogP contribution is -2.27. The fraction of sp³-hybridized carbons (Fsp3) is 0.533. The van der Waals surface area contributed by atoms with E-state index in [1.807, 2.05) is 38.3 Å². The highest BCUT2D eigenvalue weighted by Crippen LogP contribution is 2.28. The first-order valence-electron chi connectivity index (χ1n) is 6.85. The number of thioether (sulfide) groups is 1. The molecule has 4 nitrogen and oxygen atoms in total. The number of benzene rings is 1. The Bertz CT molecular complexity index is 424. The minimum atomic E-state index is 0.0773. The van der Waals surface area contributed by atoms with Gasteiger partial charge in [0.15, 0.2) is 11.5 Å². The van der Waals surface area contributed by atoms with Gasteiger partial charge in [-0.3, -0.25) is 4.79 Å². The van der Waals surface area contributed by atoms with Crippen molar-refractivity contribution in [2.75, 3.05) is 31.8 Å². The van der Waals surface area contributed by atoms with Crippen molar-refractivity contribution in [1.82, 2.24) is 5.32 Å². The molecule has 0 aliphatic carbocycles. The molecule has 0 unspecified atom stereocenters. The van der Waals surface area contributed by atoms with Crippen molar-refractivity contribution in [3.05, 3.63) is 23.8 Å². The molecule has 0 radical (unpaired) electrons. The lowest BCUT2D eigenvalue weighted by atomic mass is 10.1. The van der Waals surface area contributed by atoms with Gasteiger partial charge in [0.05, 0.1) is 19.0 Å². The number of rotatable bonds is 9. The first-order valence-corrected chi connectivity index (χ1v) is 8.24. The van der Waals surface area contributed by atoms with Crippen LogP contribution in [0.25, 0.3) is 0 Å². The number of carbonyl (C=O) groups excluding carboxylic acids is 1. The molecule has 112 valence electrons. The maximum atomic E-state index is 11.4. The zero-order valence-corrected chi connectivity index (χ0v) is 13.2. The van der Waals surface area contributed by atoms with Crippen LogP contribution in [0.1, 0.15) is 19.4 Å². The molecule has 0 aliphatic rings. The van der Waals surface area contributed by atoms with Crippen LogP contribution in [0.4, 0.5) is 0 Å². The molecule has 1 aromatic carbocycles. The summed E-state index contributed by atoms with van der Waals surface area (Å²) in [5.41, 5.74) is 1.13. The van der Waals surface area contributed by atoms with Crippen LogP contribution in [0, 0.1) is 0 Å². The topological polar surface area (TPSA) is 47.6 Å². The van der Waals surface area contributed by atoms with Crippen LogP contribution < -0.4 is 14.8 Å². The standard InChI is InChI=1S/C15H23NO3S/c1-4-18-13-7-6-12(10-14(13)19-5-2)8-9-16-15(17)11-20-3/h6-7,10H,4-5,8-9,11H2,1-3H3,(H,16,17). The smallest absolute Gasteiger partial charge is 0.229 e. The highest BCUT2D eigenvalue weighted by molar-refractivity contribution is 7.99. The van der Waals surface area contributed by atoms with Crippen molar-refractivity contribution in [2.24, 2.45) is 0 Å². The van der Waals surface area contributed by atoms with E-state index in [9.17, 15) is 4.79 Å². The van der Waals surface area contributed by atoms with E-state index in [1.54, 1.807) is 0 Å². The first kappa shape index (κ1) is 16.7. The molecular weight excluding hydrogens is 274 g/mol. The van der Waals surface area contributed by atoms with Crippen molar-refractivity contribution < 1.29 is 14.3 Å². The largest absolute Gasteiger partial charge is 0.490 e. The maximum absolute atomic E-state index is 11.4. The summed E-state index contributed by atoms with van der Waals surface area (Å²) in [6.07, 6.45) is 2.70. The van der Waals surface area contributed by atoms with Gasteiger partial charge < -0.3 is 14.8 Å². The number of carbonyl (C=O) groups is 1. The molecule has 0 atom stereocenters. The summed E-state index contributed by atoms with van der Waals surface area (Å²) in [4.78, 5) is 11.4. The monoisotopic (exact) mass is 297 g/mol. The molecule has 1 aromatic rings. The minimum absolute atomic E-state index is 0.0773. The van der Waals surface area contributed by atoms with Crippen molar-refractivity contribution in [2.45, 2.75) is 20.3 Å². The van der Waals surface area contributed by atoms with Crippen LogP contribution in [0.5, 0.6) is 11.5 Å². The van der Waals surface area contributed by atoms with E-state index in [0.717, 1.165) is 23.5 Å². The number of hydrogen-bond acceptors (Lipinski definition) is 4. The van der Waals surface area contributed by atoms with Crippen molar-refractivity contribution in [1.29, 1.82) is 0 Å². The highest BCUT2D eigenvalue weighted by Gasteiger charge is 2.06. The van der Waals surface area contributed by atoms with E-state index < -0.39 is 0 Å². The maximum Gasteiger partial charge on any atom is 0.229 e. The van der Waals surface area contributed by atoms with E-state index in [1.165, 1.54) is 11.8 Å². The third-order valence-corrected chi connectivity index (χ3v) is 3.17. The summed E-state index contributed by atoms with van der Waals surface area (Å²) in [5.74, 6) is 2.12. The number of amides is 1. The van der Waals surface area contributed by atoms with E-state index in [2.05, 4.69) is 5.32 Å². The summed E-state index contributed by atoms with van der Waals surface area (Å²) in [7, 11) is 0. The van der Waals surface area contributed by atoms with Crippen LogP contribution >= 0.6 is 11.8 Å². The second kappa shape index (κ2) is 9.53. The quantitative estimate of drug-likeness (QED) is 0.761. The van der Waals surface area contributed by atoms with Gasteiger partial charge >= 0.3 is 0 Å². The average Bonchev–Trinajstić information content (AvgIpc) is 2.42. The van der Waals surface area contributed by atoms with Gasteiger partial charge in [-0.05, 0) is 44.2 Å². The minimum Gasteiger partial charge on any atom is -0.490 e. The van der Waals surface area contributed by atoms with Crippen LogP contribution in [0.2, 0.25) is 0 Å². The molecule has 1 N–H and O–H groups in total. The van der Waals surface area contributed by atoms with Crippen molar-refractivity contribution in [3.63, 3.8) is 0 Å². The zero-order chi connectivity index (χ0) is 14.8. The summed E-state index contributed by atoms with van der Waals surface area (Å²) < 4.78 is 11.1. The molecule has 0 saturated heterocycles.